The third-order valence-corrected chi connectivity index (χ3v) is 4.13. The van der Waals surface area contributed by atoms with Crippen LogP contribution in [0.3, 0.4) is 0 Å². The van der Waals surface area contributed by atoms with E-state index in [2.05, 4.69) is 15.6 Å². The second-order valence-corrected chi connectivity index (χ2v) is 6.17. The highest BCUT2D eigenvalue weighted by Gasteiger charge is 2.15. The first-order valence-corrected chi connectivity index (χ1v) is 8.39. The number of anilines is 1. The summed E-state index contributed by atoms with van der Waals surface area (Å²) in [6.45, 7) is 0. The molecule has 0 aliphatic rings. The van der Waals surface area contributed by atoms with E-state index in [0.717, 1.165) is 11.1 Å². The van der Waals surface area contributed by atoms with Crippen LogP contribution in [0.1, 0.15) is 17.2 Å². The Bertz CT molecular complexity index is 820. The number of aromatic nitrogens is 1. The van der Waals surface area contributed by atoms with Crippen molar-refractivity contribution < 1.29 is 4.39 Å². The van der Waals surface area contributed by atoms with Gasteiger partial charge >= 0.3 is 0 Å². The average molecular weight is 372 g/mol. The second kappa shape index (κ2) is 8.05. The number of pyridine rings is 1. The summed E-state index contributed by atoms with van der Waals surface area (Å²) in [5.41, 5.74) is 2.71. The predicted octanol–water partition coefficient (Wildman–Crippen LogP) is 4.95. The maximum Gasteiger partial charge on any atom is 0.171 e. The SMILES string of the molecule is Fc1ccc(NC(=S)N[C@@H](c2ccccc2)c2ccncc2)cc1Cl. The number of halogens is 2. The lowest BCUT2D eigenvalue weighted by Gasteiger charge is -2.22. The van der Waals surface area contributed by atoms with Crippen LogP contribution < -0.4 is 10.6 Å². The van der Waals surface area contributed by atoms with Gasteiger partial charge in [-0.3, -0.25) is 4.98 Å². The molecule has 0 amide bonds. The molecule has 6 heteroatoms. The third kappa shape index (κ3) is 4.53. The Morgan fingerprint density at radius 1 is 1.00 bits per heavy atom. The number of nitrogens with zero attached hydrogens (tertiary/aromatic N) is 1. The maximum atomic E-state index is 13.3. The van der Waals surface area contributed by atoms with E-state index in [-0.39, 0.29) is 11.1 Å². The molecule has 3 nitrogen and oxygen atoms in total. The number of nitrogens with one attached hydrogen (secondary N) is 2. The zero-order valence-electron chi connectivity index (χ0n) is 13.1. The van der Waals surface area contributed by atoms with Crippen molar-refractivity contribution in [2.24, 2.45) is 0 Å². The minimum atomic E-state index is -0.468. The monoisotopic (exact) mass is 371 g/mol. The zero-order chi connectivity index (χ0) is 17.6. The van der Waals surface area contributed by atoms with Crippen LogP contribution in [-0.4, -0.2) is 10.1 Å². The van der Waals surface area contributed by atoms with Gasteiger partial charge in [-0.1, -0.05) is 41.9 Å². The minimum Gasteiger partial charge on any atom is -0.352 e. The molecule has 0 saturated carbocycles. The van der Waals surface area contributed by atoms with E-state index < -0.39 is 5.82 Å². The van der Waals surface area contributed by atoms with Gasteiger partial charge in [0.05, 0.1) is 11.1 Å². The van der Waals surface area contributed by atoms with E-state index in [1.165, 1.54) is 12.1 Å². The van der Waals surface area contributed by atoms with Crippen molar-refractivity contribution in [1.82, 2.24) is 10.3 Å². The summed E-state index contributed by atoms with van der Waals surface area (Å²) in [4.78, 5) is 4.06. The molecular formula is C19H15ClFN3S. The van der Waals surface area contributed by atoms with Crippen LogP contribution >= 0.6 is 23.8 Å². The summed E-state index contributed by atoms with van der Waals surface area (Å²) in [6.07, 6.45) is 3.48. The molecule has 2 aromatic carbocycles. The van der Waals surface area contributed by atoms with Gasteiger partial charge in [-0.15, -0.1) is 0 Å². The highest BCUT2D eigenvalue weighted by Crippen LogP contribution is 2.23. The Hall–Kier alpha value is -2.50. The van der Waals surface area contributed by atoms with E-state index in [1.54, 1.807) is 18.5 Å². The molecule has 0 aliphatic carbocycles. The highest BCUT2D eigenvalue weighted by atomic mass is 35.5. The molecule has 0 spiro atoms. The first-order valence-electron chi connectivity index (χ1n) is 7.61. The fourth-order valence-corrected chi connectivity index (χ4v) is 2.85. The molecule has 0 unspecified atom stereocenters. The van der Waals surface area contributed by atoms with Crippen molar-refractivity contribution >= 4 is 34.6 Å². The third-order valence-electron chi connectivity index (χ3n) is 3.63. The number of benzene rings is 2. The quantitative estimate of drug-likeness (QED) is 0.636. The summed E-state index contributed by atoms with van der Waals surface area (Å²) in [5.74, 6) is -0.468. The fourth-order valence-electron chi connectivity index (χ4n) is 2.43. The minimum absolute atomic E-state index is 0.0431. The Balaban J connectivity index is 1.80. The molecule has 0 radical (unpaired) electrons. The predicted molar refractivity (Wildman–Crippen MR) is 103 cm³/mol. The van der Waals surface area contributed by atoms with Crippen LogP contribution in [0.2, 0.25) is 5.02 Å². The number of hydrogen-bond acceptors (Lipinski definition) is 2. The molecule has 0 fully saturated rings. The van der Waals surface area contributed by atoms with E-state index >= 15 is 0 Å². The molecule has 3 aromatic rings. The molecule has 126 valence electrons. The summed E-state index contributed by atoms with van der Waals surface area (Å²) in [6, 6.07) is 18.1. The van der Waals surface area contributed by atoms with Gasteiger partial charge in [0, 0.05) is 18.1 Å². The van der Waals surface area contributed by atoms with Crippen molar-refractivity contribution in [3.63, 3.8) is 0 Å². The molecule has 1 atom stereocenters. The van der Waals surface area contributed by atoms with Crippen LogP contribution in [-0.2, 0) is 0 Å². The average Bonchev–Trinajstić information content (AvgIpc) is 2.64. The molecule has 0 bridgehead atoms. The molecular weight excluding hydrogens is 357 g/mol. The van der Waals surface area contributed by atoms with Crippen molar-refractivity contribution in [2.75, 3.05) is 5.32 Å². The Morgan fingerprint density at radius 3 is 2.36 bits per heavy atom. The summed E-state index contributed by atoms with van der Waals surface area (Å²) >= 11 is 11.2. The largest absolute Gasteiger partial charge is 0.352 e. The Labute approximate surface area is 155 Å². The lowest BCUT2D eigenvalue weighted by Crippen LogP contribution is -2.33. The lowest BCUT2D eigenvalue weighted by molar-refractivity contribution is 0.628. The summed E-state index contributed by atoms with van der Waals surface area (Å²) < 4.78 is 13.3. The molecule has 1 aromatic heterocycles. The maximum absolute atomic E-state index is 13.3. The van der Waals surface area contributed by atoms with E-state index in [0.29, 0.717) is 10.8 Å². The smallest absolute Gasteiger partial charge is 0.171 e. The van der Waals surface area contributed by atoms with Gasteiger partial charge in [0.1, 0.15) is 5.82 Å². The summed E-state index contributed by atoms with van der Waals surface area (Å²) in [5, 5.41) is 6.78. The van der Waals surface area contributed by atoms with E-state index in [9.17, 15) is 4.39 Å². The van der Waals surface area contributed by atoms with Crippen LogP contribution in [0, 0.1) is 5.82 Å². The van der Waals surface area contributed by atoms with Crippen molar-refractivity contribution in [1.29, 1.82) is 0 Å². The topological polar surface area (TPSA) is 37.0 Å². The van der Waals surface area contributed by atoms with E-state index in [4.69, 9.17) is 23.8 Å². The Morgan fingerprint density at radius 2 is 1.68 bits per heavy atom. The van der Waals surface area contributed by atoms with Gasteiger partial charge < -0.3 is 10.6 Å². The molecule has 25 heavy (non-hydrogen) atoms. The molecule has 2 N–H and O–H groups in total. The fraction of sp³-hybridized carbons (Fsp3) is 0.0526. The molecule has 0 aliphatic heterocycles. The number of rotatable bonds is 4. The first kappa shape index (κ1) is 17.3. The van der Waals surface area contributed by atoms with Crippen LogP contribution in [0.15, 0.2) is 73.1 Å². The number of hydrogen-bond donors (Lipinski definition) is 2. The van der Waals surface area contributed by atoms with Crippen LogP contribution in [0.4, 0.5) is 10.1 Å². The zero-order valence-corrected chi connectivity index (χ0v) is 14.7. The van der Waals surface area contributed by atoms with Crippen LogP contribution in [0.5, 0.6) is 0 Å². The molecule has 0 saturated heterocycles. The highest BCUT2D eigenvalue weighted by molar-refractivity contribution is 7.80. The second-order valence-electron chi connectivity index (χ2n) is 5.35. The van der Waals surface area contributed by atoms with Gasteiger partial charge in [-0.2, -0.15) is 0 Å². The van der Waals surface area contributed by atoms with Crippen LogP contribution in [0.25, 0.3) is 0 Å². The van der Waals surface area contributed by atoms with E-state index in [1.807, 2.05) is 42.5 Å². The summed E-state index contributed by atoms with van der Waals surface area (Å²) in [7, 11) is 0. The van der Waals surface area contributed by atoms with Gasteiger partial charge in [-0.05, 0) is 53.7 Å². The first-order chi connectivity index (χ1) is 12.1. The molecule has 1 heterocycles. The lowest BCUT2D eigenvalue weighted by atomic mass is 10.00. The van der Waals surface area contributed by atoms with Gasteiger partial charge in [-0.25, -0.2) is 4.39 Å². The van der Waals surface area contributed by atoms with Crippen molar-refractivity contribution in [3.05, 3.63) is 95.0 Å². The van der Waals surface area contributed by atoms with Crippen molar-refractivity contribution in [2.45, 2.75) is 6.04 Å². The number of thiocarbonyl (C=S) groups is 1. The van der Waals surface area contributed by atoms with Crippen molar-refractivity contribution in [3.8, 4) is 0 Å². The van der Waals surface area contributed by atoms with Gasteiger partial charge in [0.15, 0.2) is 5.11 Å². The molecule has 3 rings (SSSR count). The van der Waals surface area contributed by atoms with Gasteiger partial charge in [0.2, 0.25) is 0 Å². The standard InChI is InChI=1S/C19H15ClFN3S/c20-16-12-15(6-7-17(16)21)23-19(25)24-18(13-4-2-1-3-5-13)14-8-10-22-11-9-14/h1-12,18H,(H2,23,24,25)/t18-/m0/s1. The Kier molecular flexibility index (Phi) is 5.58. The van der Waals surface area contributed by atoms with Gasteiger partial charge in [0.25, 0.3) is 0 Å². The normalized spacial score (nSPS) is 11.6.